The summed E-state index contributed by atoms with van der Waals surface area (Å²) < 4.78 is 29.3. The van der Waals surface area contributed by atoms with Crippen LogP contribution in [-0.4, -0.2) is 19.1 Å². The number of aromatic nitrogens is 1. The van der Waals surface area contributed by atoms with E-state index >= 15 is 0 Å². The number of benzene rings is 1. The lowest BCUT2D eigenvalue weighted by atomic mass is 9.94. The number of nitrogens with zero attached hydrogens (tertiary/aromatic N) is 2. The van der Waals surface area contributed by atoms with Crippen LogP contribution in [-0.2, 0) is 20.8 Å². The number of aryl methyl sites for hydroxylation is 3. The average molecular weight is 330 g/mol. The molecule has 1 heterocycles. The number of rotatable bonds is 3. The van der Waals surface area contributed by atoms with E-state index in [9.17, 15) is 8.42 Å². The number of hydrogen-bond donors (Lipinski definition) is 0. The molecule has 0 N–H and O–H groups in total. The number of pyridine rings is 1. The fraction of sp³-hybridized carbons (Fsp3) is 0.294. The molecule has 1 aromatic carbocycles. The van der Waals surface area contributed by atoms with Crippen molar-refractivity contribution in [1.29, 1.82) is 0 Å². The number of fused-ring (bicyclic) bond motifs is 1. The number of hydrogen-bond acceptors (Lipinski definition) is 5. The van der Waals surface area contributed by atoms with E-state index < -0.39 is 10.1 Å². The summed E-state index contributed by atoms with van der Waals surface area (Å²) in [5.74, 6) is 0. The molecule has 0 bridgehead atoms. The smallest absolute Gasteiger partial charge is 0.264 e. The highest BCUT2D eigenvalue weighted by Crippen LogP contribution is 2.22. The first-order chi connectivity index (χ1) is 11.0. The molecule has 0 saturated carbocycles. The van der Waals surface area contributed by atoms with Gasteiger partial charge in [0.1, 0.15) is 4.90 Å². The molecular weight excluding hydrogens is 312 g/mol. The van der Waals surface area contributed by atoms with Crippen LogP contribution >= 0.6 is 0 Å². The van der Waals surface area contributed by atoms with Crippen LogP contribution in [0.5, 0.6) is 0 Å². The monoisotopic (exact) mass is 330 g/mol. The van der Waals surface area contributed by atoms with E-state index in [2.05, 4.69) is 10.1 Å². The molecule has 0 spiro atoms. The lowest BCUT2D eigenvalue weighted by molar-refractivity contribution is 0.337. The molecule has 120 valence electrons. The molecule has 0 fully saturated rings. The molecule has 0 radical (unpaired) electrons. The molecule has 0 atom stereocenters. The molecule has 1 aliphatic rings. The summed E-state index contributed by atoms with van der Waals surface area (Å²) in [4.78, 5) is 4.59. The van der Waals surface area contributed by atoms with Gasteiger partial charge >= 0.3 is 10.1 Å². The SMILES string of the molecule is Cc1ccc(S(=O)(=O)ON=C2CCCc3nc(C)ccc32)cc1. The summed E-state index contributed by atoms with van der Waals surface area (Å²) in [5.41, 5.74) is 4.39. The Morgan fingerprint density at radius 2 is 1.78 bits per heavy atom. The van der Waals surface area contributed by atoms with Gasteiger partial charge in [0.15, 0.2) is 0 Å². The Bertz CT molecular complexity index is 856. The van der Waals surface area contributed by atoms with Crippen LogP contribution in [0.15, 0.2) is 46.4 Å². The van der Waals surface area contributed by atoms with Crippen molar-refractivity contribution in [3.05, 3.63) is 58.9 Å². The van der Waals surface area contributed by atoms with Crippen molar-refractivity contribution in [2.24, 2.45) is 5.16 Å². The highest BCUT2D eigenvalue weighted by molar-refractivity contribution is 7.86. The second-order valence-corrected chi connectivity index (χ2v) is 7.21. The van der Waals surface area contributed by atoms with Crippen molar-refractivity contribution in [2.75, 3.05) is 0 Å². The molecule has 1 aliphatic carbocycles. The lowest BCUT2D eigenvalue weighted by Crippen LogP contribution is -2.15. The molecule has 0 unspecified atom stereocenters. The molecule has 6 heteroatoms. The summed E-state index contributed by atoms with van der Waals surface area (Å²) in [6, 6.07) is 10.3. The Labute approximate surface area is 136 Å². The molecule has 1 aromatic heterocycles. The minimum atomic E-state index is -3.90. The van der Waals surface area contributed by atoms with E-state index in [1.165, 1.54) is 12.1 Å². The second kappa shape index (κ2) is 6.12. The zero-order valence-electron chi connectivity index (χ0n) is 13.1. The maximum atomic E-state index is 12.2. The second-order valence-electron chi connectivity index (χ2n) is 5.68. The fourth-order valence-electron chi connectivity index (χ4n) is 2.56. The van der Waals surface area contributed by atoms with Crippen molar-refractivity contribution >= 4 is 15.8 Å². The van der Waals surface area contributed by atoms with Crippen LogP contribution in [0.1, 0.15) is 35.4 Å². The van der Waals surface area contributed by atoms with Crippen molar-refractivity contribution in [1.82, 2.24) is 4.98 Å². The molecule has 0 saturated heterocycles. The van der Waals surface area contributed by atoms with Gasteiger partial charge < -0.3 is 0 Å². The summed E-state index contributed by atoms with van der Waals surface area (Å²) in [5, 5.41) is 3.91. The highest BCUT2D eigenvalue weighted by Gasteiger charge is 2.20. The molecule has 5 nitrogen and oxygen atoms in total. The standard InChI is InChI=1S/C17H18N2O3S/c1-12-6-9-14(10-7-12)23(20,21)22-19-17-5-3-4-16-15(17)11-8-13(2)18-16/h6-11H,3-5H2,1-2H3. The average Bonchev–Trinajstić information content (AvgIpc) is 2.53. The Morgan fingerprint density at radius 1 is 1.04 bits per heavy atom. The molecular formula is C17H18N2O3S. The molecule has 23 heavy (non-hydrogen) atoms. The van der Waals surface area contributed by atoms with Gasteiger partial charge in [-0.3, -0.25) is 9.27 Å². The predicted octanol–water partition coefficient (Wildman–Crippen LogP) is 3.14. The van der Waals surface area contributed by atoms with Crippen LogP contribution in [0.3, 0.4) is 0 Å². The third-order valence-corrected chi connectivity index (χ3v) is 4.93. The van der Waals surface area contributed by atoms with Gasteiger partial charge in [0, 0.05) is 17.0 Å². The van der Waals surface area contributed by atoms with Crippen LogP contribution in [0, 0.1) is 13.8 Å². The molecule has 0 aliphatic heterocycles. The molecule has 3 rings (SSSR count). The minimum absolute atomic E-state index is 0.102. The largest absolute Gasteiger partial charge is 0.358 e. The van der Waals surface area contributed by atoms with Crippen LogP contribution < -0.4 is 0 Å². The van der Waals surface area contributed by atoms with Gasteiger partial charge in [-0.05, 0) is 57.4 Å². The zero-order chi connectivity index (χ0) is 16.4. The third-order valence-electron chi connectivity index (χ3n) is 3.81. The first-order valence-corrected chi connectivity index (χ1v) is 8.90. The Morgan fingerprint density at radius 3 is 2.52 bits per heavy atom. The maximum absolute atomic E-state index is 12.2. The number of oxime groups is 1. The predicted molar refractivity (Wildman–Crippen MR) is 87.9 cm³/mol. The van der Waals surface area contributed by atoms with Gasteiger partial charge in [-0.15, -0.1) is 0 Å². The van der Waals surface area contributed by atoms with Crippen molar-refractivity contribution in [2.45, 2.75) is 38.0 Å². The first kappa shape index (κ1) is 15.7. The maximum Gasteiger partial charge on any atom is 0.358 e. The molecule has 0 amide bonds. The lowest BCUT2D eigenvalue weighted by Gasteiger charge is -2.16. The Balaban J connectivity index is 1.88. The quantitative estimate of drug-likeness (QED) is 0.811. The van der Waals surface area contributed by atoms with Gasteiger partial charge in [0.25, 0.3) is 0 Å². The van der Waals surface area contributed by atoms with Gasteiger partial charge in [0.05, 0.1) is 5.71 Å². The summed E-state index contributed by atoms with van der Waals surface area (Å²) in [7, 11) is -3.90. The Hall–Kier alpha value is -2.21. The third kappa shape index (κ3) is 3.42. The van der Waals surface area contributed by atoms with Crippen LogP contribution in [0.4, 0.5) is 0 Å². The van der Waals surface area contributed by atoms with E-state index in [0.29, 0.717) is 12.1 Å². The summed E-state index contributed by atoms with van der Waals surface area (Å²) >= 11 is 0. The van der Waals surface area contributed by atoms with Crippen molar-refractivity contribution in [3.8, 4) is 0 Å². The van der Waals surface area contributed by atoms with E-state index in [0.717, 1.165) is 35.4 Å². The van der Waals surface area contributed by atoms with E-state index in [-0.39, 0.29) is 4.90 Å². The van der Waals surface area contributed by atoms with Gasteiger partial charge in [-0.2, -0.15) is 8.42 Å². The minimum Gasteiger partial charge on any atom is -0.264 e. The van der Waals surface area contributed by atoms with Gasteiger partial charge in [-0.1, -0.05) is 22.9 Å². The normalized spacial score (nSPS) is 16.2. The zero-order valence-corrected chi connectivity index (χ0v) is 13.9. The summed E-state index contributed by atoms with van der Waals surface area (Å²) in [6.07, 6.45) is 2.44. The fourth-order valence-corrected chi connectivity index (χ4v) is 3.30. The van der Waals surface area contributed by atoms with Crippen LogP contribution in [0.2, 0.25) is 0 Å². The van der Waals surface area contributed by atoms with Gasteiger partial charge in [-0.25, -0.2) is 0 Å². The van der Waals surface area contributed by atoms with E-state index in [4.69, 9.17) is 4.28 Å². The topological polar surface area (TPSA) is 68.6 Å². The van der Waals surface area contributed by atoms with Crippen LogP contribution in [0.25, 0.3) is 0 Å². The van der Waals surface area contributed by atoms with Crippen molar-refractivity contribution in [3.63, 3.8) is 0 Å². The van der Waals surface area contributed by atoms with Crippen molar-refractivity contribution < 1.29 is 12.7 Å². The summed E-state index contributed by atoms with van der Waals surface area (Å²) in [6.45, 7) is 3.83. The Kier molecular flexibility index (Phi) is 4.17. The first-order valence-electron chi connectivity index (χ1n) is 7.50. The van der Waals surface area contributed by atoms with Gasteiger partial charge in [0.2, 0.25) is 0 Å². The highest BCUT2D eigenvalue weighted by atomic mass is 32.2. The van der Waals surface area contributed by atoms with E-state index in [1.54, 1.807) is 12.1 Å². The van der Waals surface area contributed by atoms with E-state index in [1.807, 2.05) is 26.0 Å². The molecule has 2 aromatic rings.